The first-order valence-electron chi connectivity index (χ1n) is 12.8. The Bertz CT molecular complexity index is 1720. The van der Waals surface area contributed by atoms with Gasteiger partial charge in [0.05, 0.1) is 16.5 Å². The minimum atomic E-state index is -0.854. The van der Waals surface area contributed by atoms with Crippen LogP contribution < -0.4 is 9.47 Å². The standard InChI is InChI=1S/C30H26F2N4O4/c1-4-20-23(31)7-6-18-10-19(40-16-38-3)11-21(24(18)20)26-25(32)27-22(13-33-26)28(37)35-29(34-27)39-15-30-8-5-9-36(30)14-17(2)12-30/h1,6-7,10-11,13H,2,5,8-9,12,14-16H2,3H3,(H,34,35,37)/t30-/m0/s1. The van der Waals surface area contributed by atoms with Gasteiger partial charge < -0.3 is 19.3 Å². The molecule has 2 aromatic carbocycles. The second-order valence-corrected chi connectivity index (χ2v) is 10.2. The van der Waals surface area contributed by atoms with E-state index in [4.69, 9.17) is 20.6 Å². The van der Waals surface area contributed by atoms with Crippen molar-refractivity contribution in [3.8, 4) is 41.2 Å². The van der Waals surface area contributed by atoms with Crippen molar-refractivity contribution in [2.24, 2.45) is 0 Å². The molecule has 1 N–H and O–H groups in total. The Kier molecular flexibility index (Phi) is 6.49. The van der Waals surface area contributed by atoms with Gasteiger partial charge in [-0.3, -0.25) is 9.88 Å². The predicted octanol–water partition coefficient (Wildman–Crippen LogP) is 4.97. The van der Waals surface area contributed by atoms with Crippen LogP contribution in [0.3, 0.4) is 0 Å². The number of rotatable bonds is 7. The lowest BCUT2D eigenvalue weighted by molar-refractivity contribution is 0.0512. The van der Waals surface area contributed by atoms with E-state index in [1.165, 1.54) is 31.5 Å². The molecule has 1 atom stereocenters. The number of aromatic hydroxyl groups is 1. The first kappa shape index (κ1) is 25.9. The van der Waals surface area contributed by atoms with Crippen molar-refractivity contribution in [3.05, 3.63) is 59.8 Å². The maximum absolute atomic E-state index is 16.2. The normalized spacial score (nSPS) is 18.8. The topological polar surface area (TPSA) is 89.8 Å². The van der Waals surface area contributed by atoms with Crippen molar-refractivity contribution in [2.45, 2.75) is 24.8 Å². The van der Waals surface area contributed by atoms with Crippen molar-refractivity contribution in [1.82, 2.24) is 19.9 Å². The summed E-state index contributed by atoms with van der Waals surface area (Å²) >= 11 is 0. The van der Waals surface area contributed by atoms with Gasteiger partial charge in [0.25, 0.3) is 0 Å². The molecule has 2 aromatic heterocycles. The zero-order chi connectivity index (χ0) is 28.0. The Morgan fingerprint density at radius 2 is 2.08 bits per heavy atom. The van der Waals surface area contributed by atoms with Gasteiger partial charge in [0.2, 0.25) is 5.88 Å². The van der Waals surface area contributed by atoms with Crippen molar-refractivity contribution in [2.75, 3.05) is 33.6 Å². The third-order valence-electron chi connectivity index (χ3n) is 7.63. The summed E-state index contributed by atoms with van der Waals surface area (Å²) in [7, 11) is 1.47. The molecular formula is C30H26F2N4O4. The Hall–Kier alpha value is -4.33. The maximum Gasteiger partial charge on any atom is 0.320 e. The summed E-state index contributed by atoms with van der Waals surface area (Å²) in [6.45, 7) is 6.12. The number of aromatic nitrogens is 3. The molecule has 0 amide bonds. The van der Waals surface area contributed by atoms with Crippen LogP contribution in [0.2, 0.25) is 0 Å². The lowest BCUT2D eigenvalue weighted by Gasteiger charge is -2.30. The summed E-state index contributed by atoms with van der Waals surface area (Å²) < 4.78 is 47.5. The van der Waals surface area contributed by atoms with E-state index in [9.17, 15) is 9.50 Å². The van der Waals surface area contributed by atoms with Gasteiger partial charge in [0.1, 0.15) is 29.4 Å². The number of benzene rings is 2. The summed E-state index contributed by atoms with van der Waals surface area (Å²) in [5, 5.41) is 11.4. The molecule has 4 aromatic rings. The highest BCUT2D eigenvalue weighted by atomic mass is 19.1. The van der Waals surface area contributed by atoms with Crippen molar-refractivity contribution < 1.29 is 28.1 Å². The van der Waals surface area contributed by atoms with Crippen molar-refractivity contribution >= 4 is 21.7 Å². The molecule has 8 nitrogen and oxygen atoms in total. The number of nitrogens with zero attached hydrogens (tertiary/aromatic N) is 4. The molecule has 6 rings (SSSR count). The average molecular weight is 545 g/mol. The van der Waals surface area contributed by atoms with Crippen LogP contribution in [0.4, 0.5) is 8.78 Å². The van der Waals surface area contributed by atoms with E-state index in [-0.39, 0.29) is 58.1 Å². The number of halogens is 2. The SMILES string of the molecule is C#Cc1c(F)ccc2cc(OCOC)cc(-c3ncc4c(O)nc(OC[C@@]56CCCN5CC(=C)C6)nc4c3F)c12. The summed E-state index contributed by atoms with van der Waals surface area (Å²) in [6, 6.07) is 5.78. The fourth-order valence-corrected chi connectivity index (χ4v) is 5.87. The molecule has 0 saturated carbocycles. The molecule has 204 valence electrons. The van der Waals surface area contributed by atoms with Crippen LogP contribution in [0.25, 0.3) is 32.9 Å². The van der Waals surface area contributed by atoms with Gasteiger partial charge in [-0.15, -0.1) is 6.42 Å². The molecule has 2 fully saturated rings. The summed E-state index contributed by atoms with van der Waals surface area (Å²) in [5.41, 5.74) is 0.739. The van der Waals surface area contributed by atoms with Gasteiger partial charge in [-0.1, -0.05) is 24.1 Å². The molecule has 0 bridgehead atoms. The van der Waals surface area contributed by atoms with Gasteiger partial charge in [0.15, 0.2) is 12.6 Å². The van der Waals surface area contributed by atoms with E-state index >= 15 is 4.39 Å². The molecule has 2 aliphatic rings. The van der Waals surface area contributed by atoms with Gasteiger partial charge in [-0.25, -0.2) is 8.78 Å². The van der Waals surface area contributed by atoms with E-state index in [1.807, 2.05) is 0 Å². The van der Waals surface area contributed by atoms with Crippen LogP contribution >= 0.6 is 0 Å². The van der Waals surface area contributed by atoms with Crippen LogP contribution in [0, 0.1) is 24.0 Å². The molecule has 0 aliphatic carbocycles. The van der Waals surface area contributed by atoms with E-state index in [2.05, 4.69) is 32.4 Å². The number of fused-ring (bicyclic) bond motifs is 3. The molecule has 2 saturated heterocycles. The van der Waals surface area contributed by atoms with E-state index in [0.717, 1.165) is 37.9 Å². The Morgan fingerprint density at radius 1 is 1.23 bits per heavy atom. The molecule has 40 heavy (non-hydrogen) atoms. The van der Waals surface area contributed by atoms with E-state index in [1.54, 1.807) is 6.07 Å². The highest BCUT2D eigenvalue weighted by Gasteiger charge is 2.46. The second-order valence-electron chi connectivity index (χ2n) is 10.2. The quantitative estimate of drug-likeness (QED) is 0.198. The summed E-state index contributed by atoms with van der Waals surface area (Å²) in [5.74, 6) is 0.754. The predicted molar refractivity (Wildman–Crippen MR) is 145 cm³/mol. The monoisotopic (exact) mass is 544 g/mol. The average Bonchev–Trinajstić information content (AvgIpc) is 3.46. The van der Waals surface area contributed by atoms with Crippen molar-refractivity contribution in [1.29, 1.82) is 0 Å². The number of ether oxygens (including phenoxy) is 3. The number of hydrogen-bond acceptors (Lipinski definition) is 8. The van der Waals surface area contributed by atoms with Crippen LogP contribution in [-0.2, 0) is 4.74 Å². The largest absolute Gasteiger partial charge is 0.493 e. The highest BCUT2D eigenvalue weighted by Crippen LogP contribution is 2.42. The third-order valence-corrected chi connectivity index (χ3v) is 7.63. The number of methoxy groups -OCH3 is 1. The fourth-order valence-electron chi connectivity index (χ4n) is 5.87. The van der Waals surface area contributed by atoms with Gasteiger partial charge in [-0.2, -0.15) is 9.97 Å². The van der Waals surface area contributed by atoms with E-state index < -0.39 is 17.5 Å². The first-order valence-corrected chi connectivity index (χ1v) is 12.8. The maximum atomic E-state index is 16.2. The van der Waals surface area contributed by atoms with Gasteiger partial charge in [-0.05, 0) is 49.4 Å². The lowest BCUT2D eigenvalue weighted by atomic mass is 9.94. The van der Waals surface area contributed by atoms with Crippen LogP contribution in [0.5, 0.6) is 17.6 Å². The molecule has 0 spiro atoms. The molecule has 2 aliphatic heterocycles. The number of terminal acetylenes is 1. The molecule has 0 unspecified atom stereocenters. The minimum absolute atomic E-state index is 0.00273. The fraction of sp³-hybridized carbons (Fsp3) is 0.300. The number of pyridine rings is 1. The first-order chi connectivity index (χ1) is 19.3. The Morgan fingerprint density at radius 3 is 2.88 bits per heavy atom. The van der Waals surface area contributed by atoms with Crippen LogP contribution in [0.1, 0.15) is 24.8 Å². The molecular weight excluding hydrogens is 518 g/mol. The van der Waals surface area contributed by atoms with Crippen molar-refractivity contribution in [3.63, 3.8) is 0 Å². The minimum Gasteiger partial charge on any atom is -0.493 e. The summed E-state index contributed by atoms with van der Waals surface area (Å²) in [4.78, 5) is 14.9. The molecule has 4 heterocycles. The lowest BCUT2D eigenvalue weighted by Crippen LogP contribution is -2.43. The third kappa shape index (κ3) is 4.28. The van der Waals surface area contributed by atoms with E-state index in [0.29, 0.717) is 11.1 Å². The summed E-state index contributed by atoms with van der Waals surface area (Å²) in [6.07, 6.45) is 9.70. The number of hydrogen-bond donors (Lipinski definition) is 1. The smallest absolute Gasteiger partial charge is 0.320 e. The van der Waals surface area contributed by atoms with Gasteiger partial charge >= 0.3 is 6.01 Å². The van der Waals surface area contributed by atoms with Crippen LogP contribution in [-0.4, -0.2) is 64.1 Å². The highest BCUT2D eigenvalue weighted by molar-refractivity contribution is 6.02. The van der Waals surface area contributed by atoms with Crippen LogP contribution in [0.15, 0.2) is 42.6 Å². The Labute approximate surface area is 229 Å². The zero-order valence-corrected chi connectivity index (χ0v) is 21.8. The second kappa shape index (κ2) is 10.0. The molecule has 0 radical (unpaired) electrons. The Balaban J connectivity index is 1.46. The molecule has 10 heteroatoms. The zero-order valence-electron chi connectivity index (χ0n) is 21.8. The van der Waals surface area contributed by atoms with Gasteiger partial charge in [0, 0.05) is 30.8 Å².